The number of likely N-dealkylation sites (tertiary alicyclic amines) is 1. The Hall–Kier alpha value is -1.75. The highest BCUT2D eigenvalue weighted by Crippen LogP contribution is 2.18. The van der Waals surface area contributed by atoms with E-state index in [1.54, 1.807) is 0 Å². The zero-order valence-corrected chi connectivity index (χ0v) is 16.0. The van der Waals surface area contributed by atoms with Crippen LogP contribution >= 0.6 is 0 Å². The number of piperidine rings is 1. The first kappa shape index (κ1) is 19.6. The maximum absolute atomic E-state index is 12.3. The average Bonchev–Trinajstić information content (AvgIpc) is 2.57. The summed E-state index contributed by atoms with van der Waals surface area (Å²) < 4.78 is 5.45. The number of urea groups is 1. The fourth-order valence-corrected chi connectivity index (χ4v) is 3.30. The highest BCUT2D eigenvalue weighted by Gasteiger charge is 2.21. The van der Waals surface area contributed by atoms with E-state index in [-0.39, 0.29) is 18.1 Å². The molecule has 2 amide bonds. The lowest BCUT2D eigenvalue weighted by Crippen LogP contribution is -2.48. The van der Waals surface area contributed by atoms with Crippen molar-refractivity contribution in [1.82, 2.24) is 15.5 Å². The molecule has 0 radical (unpaired) electrons. The first-order chi connectivity index (χ1) is 12.0. The van der Waals surface area contributed by atoms with E-state index < -0.39 is 0 Å². The maximum Gasteiger partial charge on any atom is 0.315 e. The van der Waals surface area contributed by atoms with Gasteiger partial charge in [0.1, 0.15) is 5.75 Å². The van der Waals surface area contributed by atoms with Crippen LogP contribution in [0, 0.1) is 5.92 Å². The molecule has 1 aromatic carbocycles. The van der Waals surface area contributed by atoms with E-state index in [9.17, 15) is 4.79 Å². The number of hydrogen-bond donors (Lipinski definition) is 2. The van der Waals surface area contributed by atoms with Gasteiger partial charge in [-0.25, -0.2) is 4.79 Å². The molecular formula is C20H33N3O2. The summed E-state index contributed by atoms with van der Waals surface area (Å²) >= 11 is 0. The summed E-state index contributed by atoms with van der Waals surface area (Å²) in [5, 5.41) is 6.16. The lowest BCUT2D eigenvalue weighted by atomic mass is 10.0. The first-order valence-electron chi connectivity index (χ1n) is 9.50. The van der Waals surface area contributed by atoms with Crippen LogP contribution in [0.15, 0.2) is 24.3 Å². The zero-order chi connectivity index (χ0) is 18.2. The monoisotopic (exact) mass is 347 g/mol. The summed E-state index contributed by atoms with van der Waals surface area (Å²) in [6.07, 6.45) is 2.05. The Morgan fingerprint density at radius 1 is 1.20 bits per heavy atom. The van der Waals surface area contributed by atoms with E-state index in [1.807, 2.05) is 38.1 Å². The predicted molar refractivity (Wildman–Crippen MR) is 102 cm³/mol. The van der Waals surface area contributed by atoms with Gasteiger partial charge in [0, 0.05) is 25.7 Å². The smallest absolute Gasteiger partial charge is 0.315 e. The third-order valence-electron chi connectivity index (χ3n) is 4.58. The Kier molecular flexibility index (Phi) is 7.56. The second-order valence-electron chi connectivity index (χ2n) is 7.31. The van der Waals surface area contributed by atoms with Crippen molar-refractivity contribution in [3.8, 4) is 5.75 Å². The van der Waals surface area contributed by atoms with Gasteiger partial charge >= 0.3 is 6.03 Å². The highest BCUT2D eigenvalue weighted by molar-refractivity contribution is 5.74. The van der Waals surface area contributed by atoms with Gasteiger partial charge in [0.2, 0.25) is 0 Å². The molecule has 0 bridgehead atoms. The molecule has 1 aliphatic heterocycles. The summed E-state index contributed by atoms with van der Waals surface area (Å²) in [6, 6.07) is 8.05. The molecule has 0 aromatic heterocycles. The molecule has 0 unspecified atom stereocenters. The van der Waals surface area contributed by atoms with Gasteiger partial charge in [-0.3, -0.25) is 0 Å². The van der Waals surface area contributed by atoms with Gasteiger partial charge in [-0.15, -0.1) is 0 Å². The lowest BCUT2D eigenvalue weighted by Gasteiger charge is -2.33. The fourth-order valence-electron chi connectivity index (χ4n) is 3.30. The molecule has 1 saturated heterocycles. The van der Waals surface area contributed by atoms with Crippen LogP contribution in [0.3, 0.4) is 0 Å². The van der Waals surface area contributed by atoms with Crippen molar-refractivity contribution in [3.05, 3.63) is 29.8 Å². The fraction of sp³-hybridized carbons (Fsp3) is 0.650. The second-order valence-corrected chi connectivity index (χ2v) is 7.31. The van der Waals surface area contributed by atoms with Crippen molar-refractivity contribution < 1.29 is 9.53 Å². The minimum Gasteiger partial charge on any atom is -0.494 e. The third kappa shape index (κ3) is 6.58. The molecule has 0 aliphatic carbocycles. The van der Waals surface area contributed by atoms with Gasteiger partial charge < -0.3 is 20.3 Å². The summed E-state index contributed by atoms with van der Waals surface area (Å²) in [6.45, 7) is 12.4. The van der Waals surface area contributed by atoms with E-state index in [2.05, 4.69) is 29.4 Å². The van der Waals surface area contributed by atoms with Gasteiger partial charge in [0.05, 0.1) is 12.6 Å². The van der Waals surface area contributed by atoms with Crippen molar-refractivity contribution in [1.29, 1.82) is 0 Å². The van der Waals surface area contributed by atoms with Crippen LogP contribution in [-0.2, 0) is 0 Å². The van der Waals surface area contributed by atoms with E-state index >= 15 is 0 Å². The minimum atomic E-state index is -0.0799. The molecule has 2 rings (SSSR count). The number of carbonyl (C=O) groups excluding carboxylic acids is 1. The Morgan fingerprint density at radius 2 is 1.84 bits per heavy atom. The predicted octanol–water partition coefficient (Wildman–Crippen LogP) is 3.57. The van der Waals surface area contributed by atoms with E-state index in [4.69, 9.17) is 4.74 Å². The summed E-state index contributed by atoms with van der Waals surface area (Å²) in [5.41, 5.74) is 1.07. The summed E-state index contributed by atoms with van der Waals surface area (Å²) in [4.78, 5) is 14.8. The number of hydrogen-bond acceptors (Lipinski definition) is 3. The molecule has 1 fully saturated rings. The van der Waals surface area contributed by atoms with Crippen molar-refractivity contribution in [2.24, 2.45) is 5.92 Å². The van der Waals surface area contributed by atoms with Crippen LogP contribution in [0.25, 0.3) is 0 Å². The average molecular weight is 348 g/mol. The largest absolute Gasteiger partial charge is 0.494 e. The molecule has 2 N–H and O–H groups in total. The molecule has 1 aliphatic rings. The van der Waals surface area contributed by atoms with Gasteiger partial charge in [-0.1, -0.05) is 26.0 Å². The van der Waals surface area contributed by atoms with Crippen LogP contribution in [0.4, 0.5) is 4.79 Å². The summed E-state index contributed by atoms with van der Waals surface area (Å²) in [5.74, 6) is 1.55. The van der Waals surface area contributed by atoms with Crippen molar-refractivity contribution >= 4 is 6.03 Å². The molecule has 0 saturated carbocycles. The Morgan fingerprint density at radius 3 is 2.40 bits per heavy atom. The molecule has 5 heteroatoms. The number of amides is 2. The molecular weight excluding hydrogens is 314 g/mol. The van der Waals surface area contributed by atoms with Gasteiger partial charge in [0.25, 0.3) is 0 Å². The lowest BCUT2D eigenvalue weighted by molar-refractivity contribution is 0.177. The van der Waals surface area contributed by atoms with Crippen LogP contribution in [0.2, 0.25) is 0 Å². The number of nitrogens with zero attached hydrogens (tertiary/aromatic N) is 1. The van der Waals surface area contributed by atoms with Crippen molar-refractivity contribution in [2.45, 2.75) is 52.6 Å². The zero-order valence-electron chi connectivity index (χ0n) is 16.0. The van der Waals surface area contributed by atoms with E-state index in [0.717, 1.165) is 43.8 Å². The Labute approximate surface area is 152 Å². The highest BCUT2D eigenvalue weighted by atomic mass is 16.5. The molecule has 140 valence electrons. The number of carbonyl (C=O) groups is 1. The number of rotatable bonds is 7. The topological polar surface area (TPSA) is 53.6 Å². The Bertz CT molecular complexity index is 522. The van der Waals surface area contributed by atoms with Crippen LogP contribution in [0.1, 0.15) is 52.1 Å². The van der Waals surface area contributed by atoms with Crippen LogP contribution in [-0.4, -0.2) is 43.2 Å². The quantitative estimate of drug-likeness (QED) is 0.793. The SMILES string of the molecule is CCOc1ccc([C@@H](C)NC(=O)NC2CCN(CC(C)C)CC2)cc1. The van der Waals surface area contributed by atoms with Crippen LogP contribution in [0.5, 0.6) is 5.75 Å². The summed E-state index contributed by atoms with van der Waals surface area (Å²) in [7, 11) is 0. The number of nitrogens with one attached hydrogen (secondary N) is 2. The molecule has 1 heterocycles. The number of ether oxygens (including phenoxy) is 1. The van der Waals surface area contributed by atoms with Gasteiger partial charge in [0.15, 0.2) is 0 Å². The molecule has 25 heavy (non-hydrogen) atoms. The third-order valence-corrected chi connectivity index (χ3v) is 4.58. The van der Waals surface area contributed by atoms with Crippen LogP contribution < -0.4 is 15.4 Å². The maximum atomic E-state index is 12.3. The van der Waals surface area contributed by atoms with Crippen molar-refractivity contribution in [2.75, 3.05) is 26.2 Å². The van der Waals surface area contributed by atoms with Gasteiger partial charge in [-0.05, 0) is 50.3 Å². The molecule has 1 atom stereocenters. The standard InChI is InChI=1S/C20H33N3O2/c1-5-25-19-8-6-17(7-9-19)16(4)21-20(24)22-18-10-12-23(13-11-18)14-15(2)3/h6-9,15-16,18H,5,10-14H2,1-4H3,(H2,21,22,24)/t16-/m1/s1. The normalized spacial score (nSPS) is 17.3. The first-order valence-corrected chi connectivity index (χ1v) is 9.50. The number of benzene rings is 1. The Balaban J connectivity index is 1.74. The van der Waals surface area contributed by atoms with E-state index in [0.29, 0.717) is 12.5 Å². The van der Waals surface area contributed by atoms with E-state index in [1.165, 1.54) is 0 Å². The molecule has 1 aromatic rings. The van der Waals surface area contributed by atoms with Crippen molar-refractivity contribution in [3.63, 3.8) is 0 Å². The second kappa shape index (κ2) is 9.66. The molecule has 5 nitrogen and oxygen atoms in total. The molecule has 0 spiro atoms. The minimum absolute atomic E-state index is 0.0308. The van der Waals surface area contributed by atoms with Gasteiger partial charge in [-0.2, -0.15) is 0 Å².